The first-order valence-corrected chi connectivity index (χ1v) is 9.41. The number of methoxy groups -OCH3 is 1. The summed E-state index contributed by atoms with van der Waals surface area (Å²) >= 11 is 0. The lowest BCUT2D eigenvalue weighted by atomic mass is 10.1. The monoisotopic (exact) mass is 392 g/mol. The summed E-state index contributed by atoms with van der Waals surface area (Å²) in [5.41, 5.74) is 3.13. The van der Waals surface area contributed by atoms with Crippen LogP contribution in [-0.2, 0) is 16.0 Å². The van der Waals surface area contributed by atoms with Gasteiger partial charge in [0.25, 0.3) is 0 Å². The lowest BCUT2D eigenvalue weighted by Crippen LogP contribution is -2.24. The fourth-order valence-electron chi connectivity index (χ4n) is 2.92. The Kier molecular flexibility index (Phi) is 7.25. The second-order valence-corrected chi connectivity index (χ2v) is 6.50. The lowest BCUT2D eigenvalue weighted by Gasteiger charge is -2.12. The number of hydrogen-bond donors (Lipinski definition) is 1. The van der Waals surface area contributed by atoms with Crippen molar-refractivity contribution < 1.29 is 24.1 Å². The minimum Gasteiger partial charge on any atom is -0.490 e. The Labute approximate surface area is 170 Å². The van der Waals surface area contributed by atoms with Gasteiger partial charge in [-0.2, -0.15) is 0 Å². The fourth-order valence-corrected chi connectivity index (χ4v) is 2.92. The van der Waals surface area contributed by atoms with Crippen molar-refractivity contribution >= 4 is 5.97 Å². The van der Waals surface area contributed by atoms with Gasteiger partial charge < -0.3 is 19.3 Å². The number of aliphatic carboxylic acids is 1. The first-order chi connectivity index (χ1) is 14.2. The molecule has 0 bridgehead atoms. The summed E-state index contributed by atoms with van der Waals surface area (Å²) in [7, 11) is 1.39. The number of rotatable bonds is 10. The summed E-state index contributed by atoms with van der Waals surface area (Å²) in [6.45, 7) is 0.829. The van der Waals surface area contributed by atoms with Crippen LogP contribution in [0.1, 0.15) is 5.56 Å². The molecular weight excluding hydrogens is 368 g/mol. The van der Waals surface area contributed by atoms with E-state index in [1.165, 1.54) is 7.11 Å². The van der Waals surface area contributed by atoms with Crippen LogP contribution in [0.4, 0.5) is 0 Å². The van der Waals surface area contributed by atoms with Gasteiger partial charge in [0.05, 0.1) is 0 Å². The van der Waals surface area contributed by atoms with Crippen molar-refractivity contribution in [1.29, 1.82) is 0 Å². The fraction of sp³-hybridized carbons (Fsp3) is 0.208. The van der Waals surface area contributed by atoms with Crippen LogP contribution in [0.15, 0.2) is 78.9 Å². The van der Waals surface area contributed by atoms with Gasteiger partial charge in [0.2, 0.25) is 0 Å². The second-order valence-electron chi connectivity index (χ2n) is 6.50. The summed E-state index contributed by atoms with van der Waals surface area (Å²) in [5.74, 6) is 0.533. The lowest BCUT2D eigenvalue weighted by molar-refractivity contribution is -0.148. The smallest absolute Gasteiger partial charge is 0.333 e. The Morgan fingerprint density at radius 1 is 0.828 bits per heavy atom. The van der Waals surface area contributed by atoms with Crippen molar-refractivity contribution in [2.45, 2.75) is 12.5 Å². The molecule has 0 aromatic heterocycles. The second kappa shape index (κ2) is 10.3. The van der Waals surface area contributed by atoms with Crippen LogP contribution in [0.25, 0.3) is 11.1 Å². The van der Waals surface area contributed by atoms with Crippen molar-refractivity contribution in [2.75, 3.05) is 20.3 Å². The van der Waals surface area contributed by atoms with Gasteiger partial charge in [-0.3, -0.25) is 0 Å². The van der Waals surface area contributed by atoms with Crippen LogP contribution >= 0.6 is 0 Å². The molecule has 0 saturated heterocycles. The molecule has 0 unspecified atom stereocenters. The van der Waals surface area contributed by atoms with Gasteiger partial charge in [-0.25, -0.2) is 4.79 Å². The molecule has 0 spiro atoms. The molecule has 0 aliphatic heterocycles. The van der Waals surface area contributed by atoms with Crippen LogP contribution in [0.2, 0.25) is 0 Å². The van der Waals surface area contributed by atoms with E-state index in [9.17, 15) is 4.79 Å². The Bertz CT molecular complexity index is 906. The maximum atomic E-state index is 11.0. The highest BCUT2D eigenvalue weighted by Gasteiger charge is 2.16. The Morgan fingerprint density at radius 2 is 1.48 bits per heavy atom. The molecule has 150 valence electrons. The van der Waals surface area contributed by atoms with Crippen LogP contribution in [0, 0.1) is 0 Å². The van der Waals surface area contributed by atoms with E-state index in [0.29, 0.717) is 25.4 Å². The number of ether oxygens (including phenoxy) is 3. The minimum atomic E-state index is -0.971. The Hall–Kier alpha value is -3.31. The van der Waals surface area contributed by atoms with E-state index in [0.717, 1.165) is 22.4 Å². The Morgan fingerprint density at radius 3 is 2.14 bits per heavy atom. The number of carbonyl (C=O) groups is 1. The molecule has 0 aliphatic carbocycles. The molecule has 0 radical (unpaired) electrons. The predicted molar refractivity (Wildman–Crippen MR) is 111 cm³/mol. The molecule has 0 aliphatic rings. The van der Waals surface area contributed by atoms with Crippen LogP contribution in [0.5, 0.6) is 11.5 Å². The molecule has 5 heteroatoms. The van der Waals surface area contributed by atoms with E-state index in [4.69, 9.17) is 19.3 Å². The zero-order chi connectivity index (χ0) is 20.5. The normalized spacial score (nSPS) is 11.6. The molecule has 0 heterocycles. The SMILES string of the molecule is CO[C@@H](Cc1ccc(OCCOc2cccc(-c3ccccc3)c2)cc1)C(=O)O. The van der Waals surface area contributed by atoms with E-state index < -0.39 is 12.1 Å². The molecule has 0 amide bonds. The van der Waals surface area contributed by atoms with Gasteiger partial charge in [0.1, 0.15) is 24.7 Å². The average Bonchev–Trinajstić information content (AvgIpc) is 2.76. The maximum Gasteiger partial charge on any atom is 0.333 e. The van der Waals surface area contributed by atoms with Crippen LogP contribution in [-0.4, -0.2) is 37.5 Å². The molecule has 3 aromatic rings. The summed E-state index contributed by atoms with van der Waals surface area (Å²) in [6.07, 6.45) is -0.533. The zero-order valence-corrected chi connectivity index (χ0v) is 16.3. The van der Waals surface area contributed by atoms with E-state index in [-0.39, 0.29) is 0 Å². The first kappa shape index (κ1) is 20.4. The van der Waals surface area contributed by atoms with Gasteiger partial charge in [-0.05, 0) is 41.0 Å². The first-order valence-electron chi connectivity index (χ1n) is 9.41. The van der Waals surface area contributed by atoms with Gasteiger partial charge in [0.15, 0.2) is 6.10 Å². The highest BCUT2D eigenvalue weighted by molar-refractivity contribution is 5.72. The topological polar surface area (TPSA) is 65.0 Å². The summed E-state index contributed by atoms with van der Waals surface area (Å²) < 4.78 is 16.5. The third kappa shape index (κ3) is 6.09. The van der Waals surface area contributed by atoms with E-state index in [1.54, 1.807) is 0 Å². The molecule has 3 rings (SSSR count). The van der Waals surface area contributed by atoms with Crippen LogP contribution < -0.4 is 9.47 Å². The summed E-state index contributed by atoms with van der Waals surface area (Å²) in [4.78, 5) is 11.0. The quantitative estimate of drug-likeness (QED) is 0.516. The highest BCUT2D eigenvalue weighted by Crippen LogP contribution is 2.23. The zero-order valence-electron chi connectivity index (χ0n) is 16.3. The summed E-state index contributed by atoms with van der Waals surface area (Å²) in [6, 6.07) is 25.4. The molecule has 0 fully saturated rings. The van der Waals surface area contributed by atoms with E-state index >= 15 is 0 Å². The van der Waals surface area contributed by atoms with E-state index in [1.807, 2.05) is 60.7 Å². The average molecular weight is 392 g/mol. The van der Waals surface area contributed by atoms with Gasteiger partial charge in [-0.15, -0.1) is 0 Å². The largest absolute Gasteiger partial charge is 0.490 e. The number of carboxylic acids is 1. The number of carboxylic acid groups (broad SMARTS) is 1. The van der Waals surface area contributed by atoms with Gasteiger partial charge in [-0.1, -0.05) is 54.6 Å². The third-order valence-electron chi connectivity index (χ3n) is 4.47. The van der Waals surface area contributed by atoms with Gasteiger partial charge >= 0.3 is 5.97 Å². The molecule has 1 N–H and O–H groups in total. The molecule has 5 nitrogen and oxygen atoms in total. The van der Waals surface area contributed by atoms with Crippen LogP contribution in [0.3, 0.4) is 0 Å². The van der Waals surface area contributed by atoms with Crippen molar-refractivity contribution in [3.8, 4) is 22.6 Å². The van der Waals surface area contributed by atoms with Crippen molar-refractivity contribution in [3.05, 3.63) is 84.4 Å². The van der Waals surface area contributed by atoms with Gasteiger partial charge in [0, 0.05) is 13.5 Å². The number of hydrogen-bond acceptors (Lipinski definition) is 4. The molecule has 1 atom stereocenters. The van der Waals surface area contributed by atoms with E-state index in [2.05, 4.69) is 18.2 Å². The van der Waals surface area contributed by atoms with Crippen molar-refractivity contribution in [2.24, 2.45) is 0 Å². The predicted octanol–water partition coefficient (Wildman–Crippen LogP) is 4.45. The maximum absolute atomic E-state index is 11.0. The molecule has 29 heavy (non-hydrogen) atoms. The van der Waals surface area contributed by atoms with Crippen molar-refractivity contribution in [3.63, 3.8) is 0 Å². The standard InChI is InChI=1S/C24H24O5/c1-27-23(24(25)26)16-18-10-12-21(13-11-18)28-14-15-29-22-9-5-8-20(17-22)19-6-3-2-4-7-19/h2-13,17,23H,14-16H2,1H3,(H,25,26)/t23-/m0/s1. The molecule has 3 aromatic carbocycles. The summed E-state index contributed by atoms with van der Waals surface area (Å²) in [5, 5.41) is 9.04. The Balaban J connectivity index is 1.47. The minimum absolute atomic E-state index is 0.312. The highest BCUT2D eigenvalue weighted by atomic mass is 16.5. The molecule has 0 saturated carbocycles. The van der Waals surface area contributed by atoms with Crippen molar-refractivity contribution in [1.82, 2.24) is 0 Å². The number of benzene rings is 3. The molecular formula is C24H24O5. The third-order valence-corrected chi connectivity index (χ3v) is 4.47.